The molecule has 1 atom stereocenters. The van der Waals surface area contributed by atoms with E-state index in [0.717, 1.165) is 12.0 Å². The fourth-order valence-corrected chi connectivity index (χ4v) is 2.20. The second kappa shape index (κ2) is 5.90. The first-order valence-electron chi connectivity index (χ1n) is 5.47. The molecule has 1 aromatic carbocycles. The summed E-state index contributed by atoms with van der Waals surface area (Å²) >= 11 is 6.09. The number of hydrogen-bond acceptors (Lipinski definition) is 1. The van der Waals surface area contributed by atoms with Crippen LogP contribution in [0.15, 0.2) is 24.3 Å². The van der Waals surface area contributed by atoms with Crippen molar-refractivity contribution in [1.82, 2.24) is 0 Å². The first kappa shape index (κ1) is 13.0. The van der Waals surface area contributed by atoms with Crippen molar-refractivity contribution in [3.8, 4) is 0 Å². The third-order valence-electron chi connectivity index (χ3n) is 2.52. The van der Waals surface area contributed by atoms with Gasteiger partial charge in [-0.1, -0.05) is 43.6 Å². The lowest BCUT2D eigenvalue weighted by atomic mass is 9.88. The van der Waals surface area contributed by atoms with Gasteiger partial charge in [0.15, 0.2) is 0 Å². The third-order valence-corrected chi connectivity index (χ3v) is 2.87. The average molecular weight is 241 g/mol. The molecule has 0 aliphatic heterocycles. The number of benzene rings is 1. The lowest BCUT2D eigenvalue weighted by Crippen LogP contribution is -2.09. The molecule has 2 nitrogen and oxygen atoms in total. The van der Waals surface area contributed by atoms with Crippen LogP contribution in [-0.4, -0.2) is 11.1 Å². The fraction of sp³-hybridized carbons (Fsp3) is 0.462. The molecular weight excluding hydrogens is 224 g/mol. The molecule has 1 unspecified atom stereocenters. The van der Waals surface area contributed by atoms with Crippen LogP contribution in [0.3, 0.4) is 0 Å². The number of carbonyl (C=O) groups is 1. The molecule has 1 N–H and O–H groups in total. The Kier molecular flexibility index (Phi) is 4.81. The van der Waals surface area contributed by atoms with Gasteiger partial charge in [-0.05, 0) is 29.9 Å². The predicted octanol–water partition coefficient (Wildman–Crippen LogP) is 3.94. The van der Waals surface area contributed by atoms with Crippen molar-refractivity contribution in [2.45, 2.75) is 32.6 Å². The minimum absolute atomic E-state index is 0.00574. The quantitative estimate of drug-likeness (QED) is 0.846. The van der Waals surface area contributed by atoms with Gasteiger partial charge in [0.1, 0.15) is 0 Å². The van der Waals surface area contributed by atoms with Crippen molar-refractivity contribution in [3.63, 3.8) is 0 Å². The van der Waals surface area contributed by atoms with Gasteiger partial charge in [0.2, 0.25) is 0 Å². The molecule has 0 fully saturated rings. The summed E-state index contributed by atoms with van der Waals surface area (Å²) in [6.45, 7) is 4.18. The molecule has 16 heavy (non-hydrogen) atoms. The molecule has 0 heterocycles. The standard InChI is InChI=1S/C13H17ClO2/c1-9(2)7-10(8-13(15)16)11-5-3-4-6-12(11)14/h3-6,9-10H,7-8H2,1-2H3,(H,15,16). The predicted molar refractivity (Wildman–Crippen MR) is 65.9 cm³/mol. The zero-order chi connectivity index (χ0) is 12.1. The van der Waals surface area contributed by atoms with Crippen LogP contribution < -0.4 is 0 Å². The first-order valence-corrected chi connectivity index (χ1v) is 5.84. The minimum Gasteiger partial charge on any atom is -0.481 e. The molecule has 0 bridgehead atoms. The van der Waals surface area contributed by atoms with Crippen molar-refractivity contribution in [3.05, 3.63) is 34.9 Å². The Morgan fingerprint density at radius 3 is 2.50 bits per heavy atom. The van der Waals surface area contributed by atoms with E-state index in [0.29, 0.717) is 10.9 Å². The lowest BCUT2D eigenvalue weighted by Gasteiger charge is -2.18. The molecule has 0 saturated carbocycles. The number of aliphatic carboxylic acids is 1. The Morgan fingerprint density at radius 2 is 2.00 bits per heavy atom. The van der Waals surface area contributed by atoms with E-state index >= 15 is 0 Å². The zero-order valence-corrected chi connectivity index (χ0v) is 10.4. The summed E-state index contributed by atoms with van der Waals surface area (Å²) in [6.07, 6.45) is 0.984. The lowest BCUT2D eigenvalue weighted by molar-refractivity contribution is -0.137. The van der Waals surface area contributed by atoms with Crippen molar-refractivity contribution >= 4 is 17.6 Å². The summed E-state index contributed by atoms with van der Waals surface area (Å²) in [5.41, 5.74) is 0.945. The molecule has 3 heteroatoms. The Balaban J connectivity index is 2.91. The van der Waals surface area contributed by atoms with Crippen LogP contribution in [-0.2, 0) is 4.79 Å². The smallest absolute Gasteiger partial charge is 0.303 e. The van der Waals surface area contributed by atoms with Gasteiger partial charge in [-0.2, -0.15) is 0 Å². The molecule has 0 aliphatic rings. The summed E-state index contributed by atoms with van der Waals surface area (Å²) in [5.74, 6) is -0.308. The van der Waals surface area contributed by atoms with Crippen molar-refractivity contribution < 1.29 is 9.90 Å². The zero-order valence-electron chi connectivity index (χ0n) is 9.61. The van der Waals surface area contributed by atoms with Crippen LogP contribution in [0.2, 0.25) is 5.02 Å². The highest BCUT2D eigenvalue weighted by atomic mass is 35.5. The Morgan fingerprint density at radius 1 is 1.38 bits per heavy atom. The van der Waals surface area contributed by atoms with E-state index in [-0.39, 0.29) is 12.3 Å². The maximum absolute atomic E-state index is 10.8. The number of rotatable bonds is 5. The Labute approximate surface area is 101 Å². The SMILES string of the molecule is CC(C)CC(CC(=O)O)c1ccccc1Cl. The first-order chi connectivity index (χ1) is 7.50. The molecule has 0 spiro atoms. The molecule has 1 rings (SSSR count). The molecule has 1 aromatic rings. The van der Waals surface area contributed by atoms with E-state index in [1.54, 1.807) is 0 Å². The fourth-order valence-electron chi connectivity index (χ4n) is 1.91. The molecule has 0 aromatic heterocycles. The van der Waals surface area contributed by atoms with E-state index in [9.17, 15) is 4.79 Å². The highest BCUT2D eigenvalue weighted by molar-refractivity contribution is 6.31. The Hall–Kier alpha value is -1.02. The van der Waals surface area contributed by atoms with Crippen LogP contribution >= 0.6 is 11.6 Å². The van der Waals surface area contributed by atoms with Crippen LogP contribution in [0.1, 0.15) is 38.2 Å². The Bertz CT molecular complexity index is 361. The number of hydrogen-bond donors (Lipinski definition) is 1. The van der Waals surface area contributed by atoms with Gasteiger partial charge in [0, 0.05) is 5.02 Å². The van der Waals surface area contributed by atoms with E-state index in [1.165, 1.54) is 0 Å². The van der Waals surface area contributed by atoms with E-state index in [1.807, 2.05) is 24.3 Å². The number of carboxylic acid groups (broad SMARTS) is 1. The molecule has 0 saturated heterocycles. The minimum atomic E-state index is -0.773. The van der Waals surface area contributed by atoms with Crippen molar-refractivity contribution in [1.29, 1.82) is 0 Å². The van der Waals surface area contributed by atoms with Crippen LogP contribution in [0.5, 0.6) is 0 Å². The van der Waals surface area contributed by atoms with Crippen LogP contribution in [0.4, 0.5) is 0 Å². The second-order valence-electron chi connectivity index (χ2n) is 4.45. The van der Waals surface area contributed by atoms with E-state index < -0.39 is 5.97 Å². The largest absolute Gasteiger partial charge is 0.481 e. The van der Waals surface area contributed by atoms with Gasteiger partial charge >= 0.3 is 5.97 Å². The summed E-state index contributed by atoms with van der Waals surface area (Å²) in [4.78, 5) is 10.8. The molecular formula is C13H17ClO2. The highest BCUT2D eigenvalue weighted by Gasteiger charge is 2.18. The molecule has 88 valence electrons. The monoisotopic (exact) mass is 240 g/mol. The average Bonchev–Trinajstić information content (AvgIpc) is 2.15. The molecule has 0 aliphatic carbocycles. The van der Waals surface area contributed by atoms with Gasteiger partial charge in [-0.15, -0.1) is 0 Å². The molecule has 0 amide bonds. The summed E-state index contributed by atoms with van der Waals surface area (Å²) < 4.78 is 0. The van der Waals surface area contributed by atoms with Crippen LogP contribution in [0.25, 0.3) is 0 Å². The topological polar surface area (TPSA) is 37.3 Å². The van der Waals surface area contributed by atoms with E-state index in [2.05, 4.69) is 13.8 Å². The van der Waals surface area contributed by atoms with Crippen molar-refractivity contribution in [2.75, 3.05) is 0 Å². The molecule has 0 radical (unpaired) electrons. The summed E-state index contributed by atoms with van der Waals surface area (Å²) in [5, 5.41) is 9.57. The van der Waals surface area contributed by atoms with Gasteiger partial charge in [0.25, 0.3) is 0 Å². The second-order valence-corrected chi connectivity index (χ2v) is 4.85. The maximum Gasteiger partial charge on any atom is 0.303 e. The van der Waals surface area contributed by atoms with Crippen LogP contribution in [0, 0.1) is 5.92 Å². The highest BCUT2D eigenvalue weighted by Crippen LogP contribution is 2.31. The number of carboxylic acids is 1. The number of halogens is 1. The maximum atomic E-state index is 10.8. The van der Waals surface area contributed by atoms with Crippen molar-refractivity contribution in [2.24, 2.45) is 5.92 Å². The summed E-state index contributed by atoms with van der Waals surface area (Å²) in [7, 11) is 0. The normalized spacial score (nSPS) is 12.8. The van der Waals surface area contributed by atoms with Gasteiger partial charge in [-0.3, -0.25) is 4.79 Å². The van der Waals surface area contributed by atoms with E-state index in [4.69, 9.17) is 16.7 Å². The van der Waals surface area contributed by atoms with Gasteiger partial charge in [0.05, 0.1) is 6.42 Å². The van der Waals surface area contributed by atoms with Gasteiger partial charge < -0.3 is 5.11 Å². The summed E-state index contributed by atoms with van der Waals surface area (Å²) in [6, 6.07) is 7.49. The van der Waals surface area contributed by atoms with Gasteiger partial charge in [-0.25, -0.2) is 0 Å². The third kappa shape index (κ3) is 3.86.